The van der Waals surface area contributed by atoms with Crippen LogP contribution in [0.4, 0.5) is 4.79 Å². The van der Waals surface area contributed by atoms with Crippen molar-refractivity contribution >= 4 is 12.0 Å². The summed E-state index contributed by atoms with van der Waals surface area (Å²) in [5.74, 6) is 1.32. The van der Waals surface area contributed by atoms with Gasteiger partial charge in [-0.3, -0.25) is 4.90 Å². The summed E-state index contributed by atoms with van der Waals surface area (Å²) in [6.07, 6.45) is 6.64. The zero-order valence-corrected chi connectivity index (χ0v) is 13.9. The van der Waals surface area contributed by atoms with Crippen molar-refractivity contribution in [1.29, 1.82) is 0 Å². The second kappa shape index (κ2) is 7.34. The lowest BCUT2D eigenvalue weighted by Gasteiger charge is -2.41. The third-order valence-electron chi connectivity index (χ3n) is 5.33. The Kier molecular flexibility index (Phi) is 5.20. The minimum Gasteiger partial charge on any atom is -0.463 e. The number of nitrogens with zero attached hydrogens (tertiary/aromatic N) is 1. The largest absolute Gasteiger partial charge is 0.463 e. The smallest absolute Gasteiger partial charge is 0.337 e. The Morgan fingerprint density at radius 2 is 2.04 bits per heavy atom. The number of piperidine rings is 1. The molecule has 1 saturated heterocycles. The van der Waals surface area contributed by atoms with E-state index in [1.165, 1.54) is 32.1 Å². The van der Waals surface area contributed by atoms with Crippen LogP contribution in [-0.2, 0) is 9.53 Å². The summed E-state index contributed by atoms with van der Waals surface area (Å²) < 4.78 is 5.12. The van der Waals surface area contributed by atoms with Gasteiger partial charge in [-0.2, -0.15) is 0 Å². The van der Waals surface area contributed by atoms with E-state index in [1.54, 1.807) is 6.92 Å². The maximum absolute atomic E-state index is 12.1. The maximum atomic E-state index is 12.1. The average Bonchev–Trinajstić information content (AvgIpc) is 2.55. The van der Waals surface area contributed by atoms with Gasteiger partial charge in [0.25, 0.3) is 0 Å². The Bertz CT molecular complexity index is 503. The molecule has 128 valence electrons. The second-order valence-electron chi connectivity index (χ2n) is 6.81. The van der Waals surface area contributed by atoms with Gasteiger partial charge in [0.15, 0.2) is 0 Å². The molecule has 1 saturated carbocycles. The van der Waals surface area contributed by atoms with Gasteiger partial charge < -0.3 is 15.4 Å². The fraction of sp³-hybridized carbons (Fsp3) is 0.765. The number of urea groups is 1. The first-order valence-electron chi connectivity index (χ1n) is 8.83. The van der Waals surface area contributed by atoms with Crippen molar-refractivity contribution in [1.82, 2.24) is 15.5 Å². The molecule has 6 nitrogen and oxygen atoms in total. The molecule has 2 atom stereocenters. The van der Waals surface area contributed by atoms with Gasteiger partial charge in [-0.05, 0) is 38.1 Å². The highest BCUT2D eigenvalue weighted by molar-refractivity contribution is 5.93. The molecule has 0 aromatic rings. The Labute approximate surface area is 137 Å². The lowest BCUT2D eigenvalue weighted by atomic mass is 9.75. The minimum absolute atomic E-state index is 0.236. The van der Waals surface area contributed by atoms with E-state index >= 15 is 0 Å². The van der Waals surface area contributed by atoms with Gasteiger partial charge in [0.2, 0.25) is 0 Å². The molecule has 23 heavy (non-hydrogen) atoms. The van der Waals surface area contributed by atoms with Crippen molar-refractivity contribution in [2.75, 3.05) is 32.8 Å². The molecule has 0 aromatic carbocycles. The van der Waals surface area contributed by atoms with E-state index in [9.17, 15) is 9.59 Å². The van der Waals surface area contributed by atoms with Crippen LogP contribution in [0.15, 0.2) is 11.3 Å². The molecule has 6 heteroatoms. The van der Waals surface area contributed by atoms with E-state index in [2.05, 4.69) is 15.5 Å². The zero-order chi connectivity index (χ0) is 16.2. The number of esters is 1. The van der Waals surface area contributed by atoms with Crippen LogP contribution in [0.25, 0.3) is 0 Å². The van der Waals surface area contributed by atoms with E-state index in [0.29, 0.717) is 24.4 Å². The summed E-state index contributed by atoms with van der Waals surface area (Å²) in [5.41, 5.74) is 1.26. The molecule has 2 N–H and O–H groups in total. The highest BCUT2D eigenvalue weighted by atomic mass is 16.5. The Morgan fingerprint density at radius 3 is 2.83 bits per heavy atom. The zero-order valence-electron chi connectivity index (χ0n) is 13.9. The van der Waals surface area contributed by atoms with Crippen LogP contribution in [0, 0.1) is 11.8 Å². The topological polar surface area (TPSA) is 70.7 Å². The molecule has 0 aromatic heterocycles. The van der Waals surface area contributed by atoms with Crippen molar-refractivity contribution in [3.05, 3.63) is 11.3 Å². The van der Waals surface area contributed by atoms with Crippen LogP contribution < -0.4 is 10.6 Å². The van der Waals surface area contributed by atoms with Gasteiger partial charge in [-0.1, -0.05) is 19.3 Å². The summed E-state index contributed by atoms with van der Waals surface area (Å²) in [7, 11) is 0. The fourth-order valence-corrected chi connectivity index (χ4v) is 4.12. The summed E-state index contributed by atoms with van der Waals surface area (Å²) in [5, 5.41) is 5.47. The molecule has 3 aliphatic rings. The van der Waals surface area contributed by atoms with Crippen molar-refractivity contribution in [3.63, 3.8) is 0 Å². The minimum atomic E-state index is -0.331. The SMILES string of the molecule is CCOC(=O)C1=C(CN2CC[C@H]3CCCC[C@@H]3C2)NC(=O)NC1. The van der Waals surface area contributed by atoms with E-state index in [-0.39, 0.29) is 18.5 Å². The highest BCUT2D eigenvalue weighted by Crippen LogP contribution is 2.36. The van der Waals surface area contributed by atoms with Crippen LogP contribution in [-0.4, -0.2) is 49.7 Å². The summed E-state index contributed by atoms with van der Waals surface area (Å²) in [6, 6.07) is -0.236. The molecule has 1 aliphatic carbocycles. The van der Waals surface area contributed by atoms with Crippen molar-refractivity contribution in [2.45, 2.75) is 39.0 Å². The van der Waals surface area contributed by atoms with Gasteiger partial charge in [0, 0.05) is 18.8 Å². The van der Waals surface area contributed by atoms with Crippen molar-refractivity contribution in [2.24, 2.45) is 11.8 Å². The quantitative estimate of drug-likeness (QED) is 0.772. The lowest BCUT2D eigenvalue weighted by Crippen LogP contribution is -2.49. The Morgan fingerprint density at radius 1 is 1.26 bits per heavy atom. The third-order valence-corrected chi connectivity index (χ3v) is 5.33. The number of ether oxygens (including phenoxy) is 1. The highest BCUT2D eigenvalue weighted by Gasteiger charge is 2.32. The average molecular weight is 321 g/mol. The molecule has 0 unspecified atom stereocenters. The number of nitrogens with one attached hydrogen (secondary N) is 2. The predicted octanol–water partition coefficient (Wildman–Crippen LogP) is 1.63. The molecule has 2 fully saturated rings. The van der Waals surface area contributed by atoms with Crippen molar-refractivity contribution < 1.29 is 14.3 Å². The van der Waals surface area contributed by atoms with Crippen LogP contribution in [0.3, 0.4) is 0 Å². The normalized spacial score (nSPS) is 28.7. The number of carbonyl (C=O) groups excluding carboxylic acids is 2. The van der Waals surface area contributed by atoms with Gasteiger partial charge in [-0.15, -0.1) is 0 Å². The second-order valence-corrected chi connectivity index (χ2v) is 6.81. The molecular weight excluding hydrogens is 294 g/mol. The predicted molar refractivity (Wildman–Crippen MR) is 86.7 cm³/mol. The molecule has 0 radical (unpaired) electrons. The Hall–Kier alpha value is -1.56. The molecule has 2 aliphatic heterocycles. The van der Waals surface area contributed by atoms with E-state index in [1.807, 2.05) is 0 Å². The molecular formula is C17H27N3O3. The van der Waals surface area contributed by atoms with E-state index in [4.69, 9.17) is 4.74 Å². The first-order chi connectivity index (χ1) is 11.2. The number of hydrogen-bond donors (Lipinski definition) is 2. The Balaban J connectivity index is 1.68. The number of likely N-dealkylation sites (tertiary alicyclic amines) is 1. The van der Waals surface area contributed by atoms with E-state index < -0.39 is 0 Å². The first kappa shape index (κ1) is 16.3. The van der Waals surface area contributed by atoms with Crippen LogP contribution in [0.1, 0.15) is 39.0 Å². The number of carbonyl (C=O) groups is 2. The number of hydrogen-bond acceptors (Lipinski definition) is 4. The molecule has 3 rings (SSSR count). The number of rotatable bonds is 4. The monoisotopic (exact) mass is 321 g/mol. The van der Waals surface area contributed by atoms with Crippen LogP contribution >= 0.6 is 0 Å². The summed E-state index contributed by atoms with van der Waals surface area (Å²) in [4.78, 5) is 26.1. The third kappa shape index (κ3) is 3.86. The number of amides is 2. The van der Waals surface area contributed by atoms with Crippen LogP contribution in [0.5, 0.6) is 0 Å². The van der Waals surface area contributed by atoms with Gasteiger partial charge in [-0.25, -0.2) is 9.59 Å². The van der Waals surface area contributed by atoms with Gasteiger partial charge in [0.1, 0.15) is 0 Å². The standard InChI is InChI=1S/C17H27N3O3/c1-2-23-16(21)14-9-18-17(22)19-15(14)11-20-8-7-12-5-3-4-6-13(12)10-20/h12-13H,2-11H2,1H3,(H2,18,19,22)/t12-,13-/m1/s1. The molecule has 2 amide bonds. The van der Waals surface area contributed by atoms with Gasteiger partial charge in [0.05, 0.1) is 18.7 Å². The fourth-order valence-electron chi connectivity index (χ4n) is 4.12. The molecule has 2 heterocycles. The first-order valence-corrected chi connectivity index (χ1v) is 8.83. The molecule has 0 spiro atoms. The lowest BCUT2D eigenvalue weighted by molar-refractivity contribution is -0.138. The van der Waals surface area contributed by atoms with E-state index in [0.717, 1.165) is 24.9 Å². The van der Waals surface area contributed by atoms with Crippen LogP contribution in [0.2, 0.25) is 0 Å². The maximum Gasteiger partial charge on any atom is 0.337 e. The van der Waals surface area contributed by atoms with Gasteiger partial charge >= 0.3 is 12.0 Å². The molecule has 0 bridgehead atoms. The van der Waals surface area contributed by atoms with Crippen molar-refractivity contribution in [3.8, 4) is 0 Å². The number of fused-ring (bicyclic) bond motifs is 1. The summed E-state index contributed by atoms with van der Waals surface area (Å²) >= 11 is 0. The summed E-state index contributed by atoms with van der Waals surface area (Å²) in [6.45, 7) is 5.14.